The number of carbonyl (C=O) groups excluding carboxylic acids is 2. The lowest BCUT2D eigenvalue weighted by molar-refractivity contribution is -0.131. The summed E-state index contributed by atoms with van der Waals surface area (Å²) < 4.78 is 26.9. The molecule has 0 bridgehead atoms. The van der Waals surface area contributed by atoms with Crippen LogP contribution in [0.5, 0.6) is 0 Å². The molecule has 1 unspecified atom stereocenters. The lowest BCUT2D eigenvalue weighted by Gasteiger charge is -2.19. The largest absolute Gasteiger partial charge is 0.343 e. The highest BCUT2D eigenvalue weighted by molar-refractivity contribution is 6.01. The fraction of sp³-hybridized carbons (Fsp3) is 0.278. The molecule has 1 saturated heterocycles. The molecule has 0 aliphatic carbocycles. The van der Waals surface area contributed by atoms with Gasteiger partial charge < -0.3 is 10.2 Å². The number of halogens is 2. The van der Waals surface area contributed by atoms with Crippen molar-refractivity contribution in [2.24, 2.45) is 0 Å². The summed E-state index contributed by atoms with van der Waals surface area (Å²) in [5, 5.41) is 11.4. The summed E-state index contributed by atoms with van der Waals surface area (Å²) >= 11 is 0. The summed E-state index contributed by atoms with van der Waals surface area (Å²) in [6.45, 7) is -1.31. The van der Waals surface area contributed by atoms with E-state index in [0.717, 1.165) is 4.90 Å². The molecular weight excluding hydrogens is 356 g/mol. The number of likely N-dealkylation sites (tertiary alicyclic amines) is 1. The molecule has 9 heteroatoms. The first kappa shape index (κ1) is 18.4. The smallest absolute Gasteiger partial charge is 0.268 e. The predicted molar refractivity (Wildman–Crippen MR) is 90.5 cm³/mol. The van der Waals surface area contributed by atoms with Gasteiger partial charge in [0.2, 0.25) is 5.91 Å². The van der Waals surface area contributed by atoms with E-state index in [0.29, 0.717) is 11.1 Å². The van der Waals surface area contributed by atoms with Crippen LogP contribution in [0, 0.1) is 11.3 Å². The molecule has 2 amide bonds. The number of carbonyl (C=O) groups is 2. The zero-order valence-corrected chi connectivity index (χ0v) is 14.1. The number of nitrogens with zero attached hydrogens (tertiary/aromatic N) is 4. The summed E-state index contributed by atoms with van der Waals surface area (Å²) in [6.07, 6.45) is 5.40. The molecule has 1 aliphatic rings. The Morgan fingerprint density at radius 3 is 2.78 bits per heavy atom. The van der Waals surface area contributed by atoms with Gasteiger partial charge in [-0.2, -0.15) is 5.26 Å². The zero-order chi connectivity index (χ0) is 19.4. The van der Waals surface area contributed by atoms with Crippen LogP contribution in [0.15, 0.2) is 43.0 Å². The van der Waals surface area contributed by atoms with Crippen LogP contribution in [-0.4, -0.2) is 51.7 Å². The van der Waals surface area contributed by atoms with E-state index in [1.807, 2.05) is 0 Å². The first-order valence-corrected chi connectivity index (χ1v) is 8.11. The second-order valence-corrected chi connectivity index (χ2v) is 6.07. The molecule has 2 aromatic rings. The Bertz CT molecular complexity index is 898. The minimum absolute atomic E-state index is 0.273. The molecule has 2 aromatic heterocycles. The molecule has 138 valence electrons. The third-order valence-electron chi connectivity index (χ3n) is 4.18. The van der Waals surface area contributed by atoms with Gasteiger partial charge in [0, 0.05) is 42.3 Å². The van der Waals surface area contributed by atoms with Crippen LogP contribution in [0.3, 0.4) is 0 Å². The third-order valence-corrected chi connectivity index (χ3v) is 4.18. The number of nitrogens with one attached hydrogen (secondary N) is 1. The number of aromatic nitrogens is 2. The fourth-order valence-corrected chi connectivity index (χ4v) is 2.89. The maximum Gasteiger partial charge on any atom is 0.268 e. The SMILES string of the molecule is N#CC1CC(F)(F)CN1C(=O)CNC(=O)c1ccncc1-c1cccnc1. The number of amides is 2. The van der Waals surface area contributed by atoms with Crippen molar-refractivity contribution in [3.8, 4) is 17.2 Å². The van der Waals surface area contributed by atoms with Crippen molar-refractivity contribution in [2.75, 3.05) is 13.1 Å². The average Bonchev–Trinajstić information content (AvgIpc) is 3.01. The highest BCUT2D eigenvalue weighted by atomic mass is 19.3. The van der Waals surface area contributed by atoms with Crippen molar-refractivity contribution in [1.29, 1.82) is 5.26 Å². The number of nitriles is 1. The fourth-order valence-electron chi connectivity index (χ4n) is 2.89. The Balaban J connectivity index is 1.71. The number of hydrogen-bond acceptors (Lipinski definition) is 5. The van der Waals surface area contributed by atoms with Gasteiger partial charge in [0.05, 0.1) is 24.7 Å². The molecule has 27 heavy (non-hydrogen) atoms. The highest BCUT2D eigenvalue weighted by Gasteiger charge is 2.47. The normalized spacial score (nSPS) is 18.0. The van der Waals surface area contributed by atoms with Gasteiger partial charge in [0.1, 0.15) is 6.04 Å². The van der Waals surface area contributed by atoms with Crippen molar-refractivity contribution >= 4 is 11.8 Å². The van der Waals surface area contributed by atoms with Gasteiger partial charge in [-0.1, -0.05) is 6.07 Å². The van der Waals surface area contributed by atoms with Gasteiger partial charge in [0.15, 0.2) is 0 Å². The Hall–Kier alpha value is -3.41. The number of pyridine rings is 2. The topological polar surface area (TPSA) is 99.0 Å². The highest BCUT2D eigenvalue weighted by Crippen LogP contribution is 2.31. The number of rotatable bonds is 4. The van der Waals surface area contributed by atoms with E-state index >= 15 is 0 Å². The zero-order valence-electron chi connectivity index (χ0n) is 14.1. The minimum Gasteiger partial charge on any atom is -0.343 e. The lowest BCUT2D eigenvalue weighted by Crippen LogP contribution is -2.43. The number of alkyl halides is 2. The van der Waals surface area contributed by atoms with Gasteiger partial charge >= 0.3 is 0 Å². The Labute approximate surface area is 153 Å². The van der Waals surface area contributed by atoms with E-state index in [1.54, 1.807) is 30.6 Å². The molecule has 1 atom stereocenters. The summed E-state index contributed by atoms with van der Waals surface area (Å²) in [4.78, 5) is 33.5. The second-order valence-electron chi connectivity index (χ2n) is 6.07. The van der Waals surface area contributed by atoms with Gasteiger partial charge in [0.25, 0.3) is 11.8 Å². The van der Waals surface area contributed by atoms with E-state index in [1.165, 1.54) is 18.5 Å². The number of hydrogen-bond donors (Lipinski definition) is 1. The third kappa shape index (κ3) is 4.06. The van der Waals surface area contributed by atoms with E-state index in [2.05, 4.69) is 15.3 Å². The molecule has 3 heterocycles. The lowest BCUT2D eigenvalue weighted by atomic mass is 10.0. The van der Waals surface area contributed by atoms with Gasteiger partial charge in [-0.25, -0.2) is 8.78 Å². The predicted octanol–water partition coefficient (Wildman–Crippen LogP) is 1.63. The van der Waals surface area contributed by atoms with Crippen LogP contribution >= 0.6 is 0 Å². The summed E-state index contributed by atoms with van der Waals surface area (Å²) in [5.41, 5.74) is 1.47. The quantitative estimate of drug-likeness (QED) is 0.881. The minimum atomic E-state index is -3.10. The van der Waals surface area contributed by atoms with Crippen molar-refractivity contribution in [3.05, 3.63) is 48.5 Å². The first-order valence-electron chi connectivity index (χ1n) is 8.11. The van der Waals surface area contributed by atoms with Crippen molar-refractivity contribution in [1.82, 2.24) is 20.2 Å². The van der Waals surface area contributed by atoms with Crippen LogP contribution in [0.4, 0.5) is 8.78 Å². The van der Waals surface area contributed by atoms with Crippen molar-refractivity contribution in [3.63, 3.8) is 0 Å². The Kier molecular flexibility index (Phi) is 5.07. The summed E-state index contributed by atoms with van der Waals surface area (Å²) in [6, 6.07) is 5.46. The Morgan fingerprint density at radius 1 is 1.30 bits per heavy atom. The molecule has 1 N–H and O–H groups in total. The molecule has 7 nitrogen and oxygen atoms in total. The maximum atomic E-state index is 13.5. The van der Waals surface area contributed by atoms with E-state index in [-0.39, 0.29) is 5.56 Å². The first-order chi connectivity index (χ1) is 12.9. The molecular formula is C18H15F2N5O2. The molecule has 0 saturated carbocycles. The van der Waals surface area contributed by atoms with Gasteiger partial charge in [-0.05, 0) is 12.1 Å². The molecule has 3 rings (SSSR count). The van der Waals surface area contributed by atoms with E-state index < -0.39 is 43.3 Å². The molecule has 1 aliphatic heterocycles. The van der Waals surface area contributed by atoms with Gasteiger partial charge in [-0.15, -0.1) is 0 Å². The molecule has 0 radical (unpaired) electrons. The monoisotopic (exact) mass is 371 g/mol. The van der Waals surface area contributed by atoms with Crippen LogP contribution in [-0.2, 0) is 4.79 Å². The van der Waals surface area contributed by atoms with Crippen LogP contribution in [0.1, 0.15) is 16.8 Å². The molecule has 1 fully saturated rings. The Morgan fingerprint density at radius 2 is 2.07 bits per heavy atom. The van der Waals surface area contributed by atoms with Crippen molar-refractivity contribution in [2.45, 2.75) is 18.4 Å². The van der Waals surface area contributed by atoms with Crippen LogP contribution < -0.4 is 5.32 Å². The van der Waals surface area contributed by atoms with E-state index in [9.17, 15) is 18.4 Å². The standard InChI is InChI=1S/C18H15F2N5O2/c19-18(20)6-13(7-21)25(11-18)16(26)10-24-17(27)14-3-5-23-9-15(14)12-2-1-4-22-8-12/h1-5,8-9,13H,6,10-11H2,(H,24,27). The van der Waals surface area contributed by atoms with Crippen molar-refractivity contribution < 1.29 is 18.4 Å². The van der Waals surface area contributed by atoms with Gasteiger partial charge in [-0.3, -0.25) is 19.6 Å². The summed E-state index contributed by atoms with van der Waals surface area (Å²) in [7, 11) is 0. The summed E-state index contributed by atoms with van der Waals surface area (Å²) in [5.74, 6) is -4.38. The average molecular weight is 371 g/mol. The maximum absolute atomic E-state index is 13.5. The van der Waals surface area contributed by atoms with Crippen LogP contribution in [0.25, 0.3) is 11.1 Å². The van der Waals surface area contributed by atoms with E-state index in [4.69, 9.17) is 5.26 Å². The molecule has 0 aromatic carbocycles. The van der Waals surface area contributed by atoms with Crippen LogP contribution in [0.2, 0.25) is 0 Å². The molecule has 0 spiro atoms. The second kappa shape index (κ2) is 7.45.